The molecule has 2 saturated heterocycles. The van der Waals surface area contributed by atoms with E-state index in [-0.39, 0.29) is 17.4 Å². The van der Waals surface area contributed by atoms with Crippen molar-refractivity contribution in [2.24, 2.45) is 0 Å². The van der Waals surface area contributed by atoms with E-state index in [4.69, 9.17) is 9.47 Å². The van der Waals surface area contributed by atoms with Gasteiger partial charge >= 0.3 is 0 Å². The highest BCUT2D eigenvalue weighted by Gasteiger charge is 2.37. The van der Waals surface area contributed by atoms with Crippen LogP contribution in [0.1, 0.15) is 12.5 Å². The number of para-hydroxylation sites is 1. The fraction of sp³-hybridized carbons (Fsp3) is 0.320. The molecule has 0 aliphatic carbocycles. The summed E-state index contributed by atoms with van der Waals surface area (Å²) in [7, 11) is 1.53. The largest absolute Gasteiger partial charge is 0.493 e. The van der Waals surface area contributed by atoms with Crippen LogP contribution in [0.2, 0.25) is 0 Å². The molecule has 2 heterocycles. The monoisotopic (exact) mass is 559 g/mol. The number of imide groups is 1. The molecule has 0 N–H and O–H groups in total. The van der Waals surface area contributed by atoms with Gasteiger partial charge < -0.3 is 19.3 Å². The van der Waals surface area contributed by atoms with Crippen LogP contribution in [0.25, 0.3) is 6.08 Å². The van der Waals surface area contributed by atoms with Crippen LogP contribution in [-0.4, -0.2) is 73.3 Å². The van der Waals surface area contributed by atoms with Crippen molar-refractivity contribution in [3.63, 3.8) is 0 Å². The number of amides is 3. The maximum Gasteiger partial charge on any atom is 0.294 e. The average Bonchev–Trinajstić information content (AvgIpc) is 3.13. The molecule has 2 fully saturated rings. The molecule has 0 radical (unpaired) electrons. The molecule has 4 rings (SSSR count). The molecule has 0 unspecified atom stereocenters. The lowest BCUT2D eigenvalue weighted by atomic mass is 10.2. The number of piperazine rings is 1. The summed E-state index contributed by atoms with van der Waals surface area (Å²) in [6, 6.07) is 13.6. The Morgan fingerprint density at radius 2 is 1.83 bits per heavy atom. The number of methoxy groups -OCH3 is 1. The van der Waals surface area contributed by atoms with Crippen LogP contribution in [0.5, 0.6) is 11.5 Å². The van der Waals surface area contributed by atoms with Crippen LogP contribution >= 0.6 is 27.7 Å². The molecule has 0 atom stereocenters. The Hall–Kier alpha value is -2.98. The third-order valence-electron chi connectivity index (χ3n) is 5.76. The number of nitrogens with zero attached hydrogens (tertiary/aromatic N) is 3. The number of ether oxygens (including phenoxy) is 2. The Morgan fingerprint density at radius 3 is 2.49 bits per heavy atom. The normalized spacial score (nSPS) is 17.3. The number of carbonyl (C=O) groups excluding carboxylic acids is 3. The van der Waals surface area contributed by atoms with Gasteiger partial charge in [-0.05, 0) is 70.5 Å². The molecule has 0 aromatic heterocycles. The third-order valence-corrected chi connectivity index (χ3v) is 7.26. The van der Waals surface area contributed by atoms with Crippen LogP contribution in [0.3, 0.4) is 0 Å². The number of hydrogen-bond acceptors (Lipinski definition) is 7. The summed E-state index contributed by atoms with van der Waals surface area (Å²) in [6.07, 6.45) is 1.62. The Morgan fingerprint density at radius 1 is 1.11 bits per heavy atom. The first-order valence-corrected chi connectivity index (χ1v) is 12.9. The lowest BCUT2D eigenvalue weighted by Crippen LogP contribution is -2.51. The van der Waals surface area contributed by atoms with E-state index in [1.54, 1.807) is 23.1 Å². The molecule has 0 bridgehead atoms. The Balaban J connectivity index is 1.41. The SMILES string of the molecule is CCOc1c(Br)cc(/C=C2/SC(=O)N(CC(=O)N3CCN(c4ccccc4)CC3)C2=O)cc1OC. The zero-order chi connectivity index (χ0) is 24.9. The Bertz CT molecular complexity index is 1150. The predicted molar refractivity (Wildman–Crippen MR) is 140 cm³/mol. The van der Waals surface area contributed by atoms with Crippen molar-refractivity contribution in [3.8, 4) is 11.5 Å². The van der Waals surface area contributed by atoms with Gasteiger partial charge in [0.15, 0.2) is 11.5 Å². The standard InChI is InChI=1S/C25H26BrN3O5S/c1-3-34-23-19(26)13-17(14-20(23)33-2)15-21-24(31)29(25(32)35-21)16-22(30)28-11-9-27(10-12-28)18-7-5-4-6-8-18/h4-8,13-15H,3,9-12,16H2,1-2H3/b21-15+. The smallest absolute Gasteiger partial charge is 0.294 e. The lowest BCUT2D eigenvalue weighted by molar-refractivity contribution is -0.136. The van der Waals surface area contributed by atoms with Crippen LogP contribution in [-0.2, 0) is 9.59 Å². The van der Waals surface area contributed by atoms with E-state index < -0.39 is 11.1 Å². The number of anilines is 1. The number of carbonyl (C=O) groups is 3. The summed E-state index contributed by atoms with van der Waals surface area (Å²) >= 11 is 4.30. The van der Waals surface area contributed by atoms with Crippen molar-refractivity contribution in [1.82, 2.24) is 9.80 Å². The van der Waals surface area contributed by atoms with Gasteiger partial charge in [-0.25, -0.2) is 0 Å². The van der Waals surface area contributed by atoms with Crippen molar-refractivity contribution < 1.29 is 23.9 Å². The van der Waals surface area contributed by atoms with Crippen molar-refractivity contribution >= 4 is 56.5 Å². The number of hydrogen-bond donors (Lipinski definition) is 0. The minimum absolute atomic E-state index is 0.230. The number of thioether (sulfide) groups is 1. The fourth-order valence-corrected chi connectivity index (χ4v) is 5.40. The van der Waals surface area contributed by atoms with E-state index in [0.29, 0.717) is 54.3 Å². The van der Waals surface area contributed by atoms with Gasteiger partial charge in [0, 0.05) is 31.9 Å². The molecule has 0 saturated carbocycles. The summed E-state index contributed by atoms with van der Waals surface area (Å²) in [5.74, 6) is 0.377. The summed E-state index contributed by atoms with van der Waals surface area (Å²) in [5.41, 5.74) is 1.79. The van der Waals surface area contributed by atoms with Crippen LogP contribution in [0, 0.1) is 0 Å². The van der Waals surface area contributed by atoms with Gasteiger partial charge in [0.2, 0.25) is 5.91 Å². The van der Waals surface area contributed by atoms with Crippen molar-refractivity contribution in [1.29, 1.82) is 0 Å². The van der Waals surface area contributed by atoms with Gasteiger partial charge in [-0.1, -0.05) is 18.2 Å². The van der Waals surface area contributed by atoms with E-state index >= 15 is 0 Å². The topological polar surface area (TPSA) is 79.4 Å². The highest BCUT2D eigenvalue weighted by Crippen LogP contribution is 2.39. The van der Waals surface area contributed by atoms with Crippen LogP contribution in [0.15, 0.2) is 51.8 Å². The summed E-state index contributed by atoms with van der Waals surface area (Å²) in [4.78, 5) is 43.6. The first-order chi connectivity index (χ1) is 16.9. The number of rotatable bonds is 7. The van der Waals surface area contributed by atoms with Gasteiger partial charge in [0.25, 0.3) is 11.1 Å². The van der Waals surface area contributed by atoms with Crippen molar-refractivity contribution in [3.05, 3.63) is 57.4 Å². The maximum absolute atomic E-state index is 13.0. The Kier molecular flexibility index (Phi) is 8.02. The van der Waals surface area contributed by atoms with Gasteiger partial charge in [-0.3, -0.25) is 19.3 Å². The van der Waals surface area contributed by atoms with Crippen molar-refractivity contribution in [2.45, 2.75) is 6.92 Å². The number of benzene rings is 2. The quantitative estimate of drug-likeness (QED) is 0.469. The molecular weight excluding hydrogens is 534 g/mol. The highest BCUT2D eigenvalue weighted by atomic mass is 79.9. The molecule has 2 aliphatic rings. The molecule has 184 valence electrons. The fourth-order valence-electron chi connectivity index (χ4n) is 3.98. The first-order valence-electron chi connectivity index (χ1n) is 11.2. The van der Waals surface area contributed by atoms with Gasteiger partial charge in [0.1, 0.15) is 6.54 Å². The van der Waals surface area contributed by atoms with Crippen LogP contribution in [0.4, 0.5) is 10.5 Å². The van der Waals surface area contributed by atoms with Crippen LogP contribution < -0.4 is 14.4 Å². The molecule has 2 aromatic carbocycles. The van der Waals surface area contributed by atoms with E-state index in [0.717, 1.165) is 22.3 Å². The molecule has 35 heavy (non-hydrogen) atoms. The lowest BCUT2D eigenvalue weighted by Gasteiger charge is -2.36. The minimum atomic E-state index is -0.472. The van der Waals surface area contributed by atoms with E-state index in [1.165, 1.54) is 7.11 Å². The first kappa shape index (κ1) is 25.1. The van der Waals surface area contributed by atoms with Gasteiger partial charge in [0.05, 0.1) is 23.1 Å². The number of halogens is 1. The molecule has 3 amide bonds. The van der Waals surface area contributed by atoms with Gasteiger partial charge in [-0.2, -0.15) is 0 Å². The summed E-state index contributed by atoms with van der Waals surface area (Å²) in [5, 5.41) is -0.450. The molecular formula is C25H26BrN3O5S. The molecule has 2 aromatic rings. The molecule has 8 nitrogen and oxygen atoms in total. The molecule has 10 heteroatoms. The van der Waals surface area contributed by atoms with E-state index in [1.807, 2.05) is 37.3 Å². The second-order valence-corrected chi connectivity index (χ2v) is 9.79. The second-order valence-electron chi connectivity index (χ2n) is 7.94. The zero-order valence-electron chi connectivity index (χ0n) is 19.5. The maximum atomic E-state index is 13.0. The third kappa shape index (κ3) is 5.65. The van der Waals surface area contributed by atoms with E-state index in [2.05, 4.69) is 20.8 Å². The molecule has 2 aliphatic heterocycles. The average molecular weight is 560 g/mol. The minimum Gasteiger partial charge on any atom is -0.493 e. The second kappa shape index (κ2) is 11.2. The highest BCUT2D eigenvalue weighted by molar-refractivity contribution is 9.10. The summed E-state index contributed by atoms with van der Waals surface area (Å²) < 4.78 is 11.7. The summed E-state index contributed by atoms with van der Waals surface area (Å²) in [6.45, 7) is 4.57. The van der Waals surface area contributed by atoms with E-state index in [9.17, 15) is 14.4 Å². The Labute approximate surface area is 217 Å². The molecule has 0 spiro atoms. The van der Waals surface area contributed by atoms with Gasteiger partial charge in [-0.15, -0.1) is 0 Å². The van der Waals surface area contributed by atoms with Crippen molar-refractivity contribution in [2.75, 3.05) is 51.3 Å². The predicted octanol–water partition coefficient (Wildman–Crippen LogP) is 4.24. The zero-order valence-corrected chi connectivity index (χ0v) is 21.9.